The van der Waals surface area contributed by atoms with E-state index in [4.69, 9.17) is 9.47 Å². The van der Waals surface area contributed by atoms with E-state index in [1.54, 1.807) is 37.3 Å². The molecule has 2 aromatic carbocycles. The van der Waals surface area contributed by atoms with E-state index in [1.807, 2.05) is 6.92 Å². The molecule has 8 nitrogen and oxygen atoms in total. The SMILES string of the molecule is CCCNS(=O)(=O)c1ccc(/C(C)=N\NC(=O)c2cc(OC)cc(OC)c2)cc1. The smallest absolute Gasteiger partial charge is 0.271 e. The van der Waals surface area contributed by atoms with Gasteiger partial charge in [0.25, 0.3) is 5.91 Å². The molecule has 0 heterocycles. The van der Waals surface area contributed by atoms with Gasteiger partial charge in [-0.3, -0.25) is 4.79 Å². The van der Waals surface area contributed by atoms with Crippen LogP contribution in [0.4, 0.5) is 0 Å². The Morgan fingerprint density at radius 1 is 1.00 bits per heavy atom. The lowest BCUT2D eigenvalue weighted by atomic mass is 10.1. The summed E-state index contributed by atoms with van der Waals surface area (Å²) < 4.78 is 37.1. The first-order chi connectivity index (χ1) is 13.8. The van der Waals surface area contributed by atoms with Gasteiger partial charge < -0.3 is 9.47 Å². The molecule has 0 saturated carbocycles. The molecule has 0 atom stereocenters. The third kappa shape index (κ3) is 6.03. The summed E-state index contributed by atoms with van der Waals surface area (Å²) >= 11 is 0. The van der Waals surface area contributed by atoms with Crippen LogP contribution in [0.1, 0.15) is 36.2 Å². The Bertz CT molecular complexity index is 963. The summed E-state index contributed by atoms with van der Waals surface area (Å²) in [5, 5.41) is 4.09. The van der Waals surface area contributed by atoms with Crippen molar-refractivity contribution in [2.45, 2.75) is 25.2 Å². The predicted octanol–water partition coefficient (Wildman–Crippen LogP) is 2.55. The minimum atomic E-state index is -3.52. The average molecular weight is 420 g/mol. The van der Waals surface area contributed by atoms with E-state index >= 15 is 0 Å². The summed E-state index contributed by atoms with van der Waals surface area (Å²) in [6.07, 6.45) is 0.710. The first-order valence-electron chi connectivity index (χ1n) is 8.98. The van der Waals surface area contributed by atoms with Crippen LogP contribution in [0.2, 0.25) is 0 Å². The van der Waals surface area contributed by atoms with Crippen LogP contribution in [0.3, 0.4) is 0 Å². The standard InChI is InChI=1S/C20H25N3O5S/c1-5-10-21-29(25,26)19-8-6-15(7-9-19)14(2)22-23-20(24)16-11-17(27-3)13-18(12-16)28-4/h6-9,11-13,21H,5,10H2,1-4H3,(H,23,24)/b22-14-. The molecule has 0 radical (unpaired) electrons. The maximum Gasteiger partial charge on any atom is 0.271 e. The van der Waals surface area contributed by atoms with Gasteiger partial charge >= 0.3 is 0 Å². The van der Waals surface area contributed by atoms with Crippen LogP contribution in [-0.4, -0.2) is 40.8 Å². The molecule has 2 rings (SSSR count). The number of nitrogens with one attached hydrogen (secondary N) is 2. The zero-order valence-corrected chi connectivity index (χ0v) is 17.7. The summed E-state index contributed by atoms with van der Waals surface area (Å²) in [7, 11) is -0.522. The van der Waals surface area contributed by atoms with E-state index in [-0.39, 0.29) is 4.90 Å². The zero-order chi connectivity index (χ0) is 21.4. The van der Waals surface area contributed by atoms with Gasteiger partial charge in [0.2, 0.25) is 10.0 Å². The van der Waals surface area contributed by atoms with Crippen LogP contribution < -0.4 is 19.6 Å². The number of hydrogen-bond acceptors (Lipinski definition) is 6. The lowest BCUT2D eigenvalue weighted by Crippen LogP contribution is -2.24. The third-order valence-electron chi connectivity index (χ3n) is 4.06. The molecule has 2 N–H and O–H groups in total. The minimum absolute atomic E-state index is 0.176. The van der Waals surface area contributed by atoms with Crippen molar-refractivity contribution in [3.8, 4) is 11.5 Å². The molecule has 1 amide bonds. The molecule has 0 bridgehead atoms. The van der Waals surface area contributed by atoms with E-state index < -0.39 is 15.9 Å². The fourth-order valence-electron chi connectivity index (χ4n) is 2.40. The summed E-state index contributed by atoms with van der Waals surface area (Å²) in [4.78, 5) is 12.6. The molecule has 0 aliphatic rings. The second kappa shape index (κ2) is 10.0. The van der Waals surface area contributed by atoms with E-state index in [0.29, 0.717) is 41.3 Å². The molecule has 0 saturated heterocycles. The molecule has 0 fully saturated rings. The van der Waals surface area contributed by atoms with Gasteiger partial charge in [0, 0.05) is 18.2 Å². The van der Waals surface area contributed by atoms with Gasteiger partial charge in [-0.2, -0.15) is 5.10 Å². The van der Waals surface area contributed by atoms with Gasteiger partial charge in [-0.15, -0.1) is 0 Å². The van der Waals surface area contributed by atoms with Crippen molar-refractivity contribution >= 4 is 21.6 Å². The van der Waals surface area contributed by atoms with Crippen LogP contribution in [0, 0.1) is 0 Å². The van der Waals surface area contributed by atoms with Crippen molar-refractivity contribution in [3.05, 3.63) is 53.6 Å². The second-order valence-corrected chi connectivity index (χ2v) is 7.93. The largest absolute Gasteiger partial charge is 0.497 e. The number of sulfonamides is 1. The highest BCUT2D eigenvalue weighted by Gasteiger charge is 2.13. The van der Waals surface area contributed by atoms with Crippen molar-refractivity contribution in [2.24, 2.45) is 5.10 Å². The van der Waals surface area contributed by atoms with Gasteiger partial charge in [0.1, 0.15) is 11.5 Å². The Labute approximate surface area is 171 Å². The molecular formula is C20H25N3O5S. The highest BCUT2D eigenvalue weighted by atomic mass is 32.2. The molecule has 2 aromatic rings. The maximum atomic E-state index is 12.4. The molecule has 0 unspecified atom stereocenters. The molecule has 29 heavy (non-hydrogen) atoms. The summed E-state index contributed by atoms with van der Waals surface area (Å²) in [5.41, 5.74) is 4.02. The van der Waals surface area contributed by atoms with Crippen LogP contribution in [0.5, 0.6) is 11.5 Å². The van der Waals surface area contributed by atoms with Gasteiger partial charge in [-0.05, 0) is 43.2 Å². The molecule has 0 aliphatic carbocycles. The second-order valence-electron chi connectivity index (χ2n) is 6.16. The Hall–Kier alpha value is -2.91. The van der Waals surface area contributed by atoms with Crippen LogP contribution in [0.15, 0.2) is 52.5 Å². The monoisotopic (exact) mass is 419 g/mol. The van der Waals surface area contributed by atoms with E-state index in [2.05, 4.69) is 15.2 Å². The Morgan fingerprint density at radius 2 is 1.59 bits per heavy atom. The number of rotatable bonds is 9. The number of benzene rings is 2. The van der Waals surface area contributed by atoms with E-state index in [9.17, 15) is 13.2 Å². The van der Waals surface area contributed by atoms with Crippen LogP contribution >= 0.6 is 0 Å². The Morgan fingerprint density at radius 3 is 2.10 bits per heavy atom. The Kier molecular flexibility index (Phi) is 7.74. The summed E-state index contributed by atoms with van der Waals surface area (Å²) in [5.74, 6) is 0.553. The van der Waals surface area contributed by atoms with E-state index in [1.165, 1.54) is 26.4 Å². The number of carbonyl (C=O) groups is 1. The van der Waals surface area contributed by atoms with Crippen molar-refractivity contribution in [2.75, 3.05) is 20.8 Å². The molecule has 9 heteroatoms. The first kappa shape index (κ1) is 22.4. The van der Waals surface area contributed by atoms with Crippen molar-refractivity contribution < 1.29 is 22.7 Å². The van der Waals surface area contributed by atoms with Crippen LogP contribution in [-0.2, 0) is 10.0 Å². The first-order valence-corrected chi connectivity index (χ1v) is 10.5. The number of carbonyl (C=O) groups excluding carboxylic acids is 1. The van der Waals surface area contributed by atoms with E-state index in [0.717, 1.165) is 0 Å². The van der Waals surface area contributed by atoms with Crippen molar-refractivity contribution in [1.82, 2.24) is 10.1 Å². The number of hydrogen-bond donors (Lipinski definition) is 2. The normalized spacial score (nSPS) is 11.8. The van der Waals surface area contributed by atoms with Crippen molar-refractivity contribution in [3.63, 3.8) is 0 Å². The maximum absolute atomic E-state index is 12.4. The highest BCUT2D eigenvalue weighted by Crippen LogP contribution is 2.22. The number of hydrazone groups is 1. The lowest BCUT2D eigenvalue weighted by molar-refractivity contribution is 0.0954. The summed E-state index contributed by atoms with van der Waals surface area (Å²) in [6.45, 7) is 3.98. The topological polar surface area (TPSA) is 106 Å². The number of amides is 1. The van der Waals surface area contributed by atoms with Gasteiger partial charge in [0.05, 0.1) is 24.8 Å². The number of nitrogens with zero attached hydrogens (tertiary/aromatic N) is 1. The number of methoxy groups -OCH3 is 2. The third-order valence-corrected chi connectivity index (χ3v) is 5.54. The highest BCUT2D eigenvalue weighted by molar-refractivity contribution is 7.89. The fourth-order valence-corrected chi connectivity index (χ4v) is 3.53. The number of ether oxygens (including phenoxy) is 2. The minimum Gasteiger partial charge on any atom is -0.497 e. The van der Waals surface area contributed by atoms with Gasteiger partial charge in [-0.25, -0.2) is 18.6 Å². The van der Waals surface area contributed by atoms with Crippen LogP contribution in [0.25, 0.3) is 0 Å². The molecule has 0 spiro atoms. The zero-order valence-electron chi connectivity index (χ0n) is 16.9. The molecule has 156 valence electrons. The molecule has 0 aromatic heterocycles. The average Bonchev–Trinajstić information content (AvgIpc) is 2.75. The quantitative estimate of drug-likeness (QED) is 0.480. The molecular weight excluding hydrogens is 394 g/mol. The molecule has 0 aliphatic heterocycles. The summed E-state index contributed by atoms with van der Waals surface area (Å²) in [6, 6.07) is 11.1. The lowest BCUT2D eigenvalue weighted by Gasteiger charge is -2.08. The fraction of sp³-hybridized carbons (Fsp3) is 0.300. The van der Waals surface area contributed by atoms with Crippen molar-refractivity contribution in [1.29, 1.82) is 0 Å². The predicted molar refractivity (Wildman–Crippen MR) is 111 cm³/mol. The Balaban J connectivity index is 2.12. The van der Waals surface area contributed by atoms with Gasteiger partial charge in [0.15, 0.2) is 0 Å². The van der Waals surface area contributed by atoms with Gasteiger partial charge in [-0.1, -0.05) is 19.1 Å².